The molecule has 33 heavy (non-hydrogen) atoms. The molecule has 1 aliphatic carbocycles. The average Bonchev–Trinajstić information content (AvgIpc) is 3.38. The van der Waals surface area contributed by atoms with Gasteiger partial charge in [0.25, 0.3) is 5.91 Å². The van der Waals surface area contributed by atoms with Crippen molar-refractivity contribution in [3.63, 3.8) is 0 Å². The molecule has 1 fully saturated rings. The Balaban J connectivity index is 1.62. The fourth-order valence-corrected chi connectivity index (χ4v) is 5.20. The van der Waals surface area contributed by atoms with Gasteiger partial charge in [-0.2, -0.15) is 0 Å². The van der Waals surface area contributed by atoms with Crippen LogP contribution in [-0.4, -0.2) is 34.8 Å². The summed E-state index contributed by atoms with van der Waals surface area (Å²) < 4.78 is 11.2. The number of methoxy groups -OCH3 is 1. The Kier molecular flexibility index (Phi) is 5.44. The van der Waals surface area contributed by atoms with Crippen LogP contribution < -0.4 is 4.74 Å². The first-order chi connectivity index (χ1) is 16.0. The van der Waals surface area contributed by atoms with Crippen LogP contribution >= 0.6 is 0 Å². The lowest BCUT2D eigenvalue weighted by atomic mass is 9.89. The number of fused-ring (bicyclic) bond motifs is 1. The lowest BCUT2D eigenvalue weighted by molar-refractivity contribution is -0.132. The topological polar surface area (TPSA) is 80.0 Å². The maximum atomic E-state index is 13.7. The third kappa shape index (κ3) is 3.59. The molecule has 6 heteroatoms. The predicted molar refractivity (Wildman–Crippen MR) is 124 cm³/mol. The number of aryl methyl sites for hydroxylation is 1. The normalized spacial score (nSPS) is 19.5. The first kappa shape index (κ1) is 21.3. The van der Waals surface area contributed by atoms with E-state index in [0.29, 0.717) is 11.3 Å². The van der Waals surface area contributed by atoms with Crippen molar-refractivity contribution in [2.24, 2.45) is 0 Å². The molecule has 1 unspecified atom stereocenters. The van der Waals surface area contributed by atoms with Gasteiger partial charge in [0.15, 0.2) is 22.9 Å². The number of aliphatic hydroxyl groups is 1. The molecule has 0 bridgehead atoms. The number of Topliss-reactive ketones (excluding diaryl/α,β-unsaturated/α-hetero) is 1. The Morgan fingerprint density at radius 3 is 2.58 bits per heavy atom. The maximum Gasteiger partial charge on any atom is 0.290 e. The number of ketones is 1. The van der Waals surface area contributed by atoms with Gasteiger partial charge in [0.2, 0.25) is 5.78 Å². The fraction of sp³-hybridized carbons (Fsp3) is 0.333. The van der Waals surface area contributed by atoms with E-state index < -0.39 is 23.5 Å². The highest BCUT2D eigenvalue weighted by atomic mass is 16.5. The number of aliphatic hydroxyl groups excluding tert-OH is 1. The Bertz CT molecular complexity index is 1260. The Morgan fingerprint density at radius 1 is 1.09 bits per heavy atom. The van der Waals surface area contributed by atoms with E-state index >= 15 is 0 Å². The number of benzene rings is 2. The first-order valence-corrected chi connectivity index (χ1v) is 11.4. The van der Waals surface area contributed by atoms with Crippen molar-refractivity contribution >= 4 is 22.7 Å². The largest absolute Gasteiger partial charge is 0.503 e. The molecule has 3 aromatic rings. The molecule has 1 amide bonds. The van der Waals surface area contributed by atoms with Crippen LogP contribution in [0.5, 0.6) is 5.75 Å². The van der Waals surface area contributed by atoms with Gasteiger partial charge in [-0.15, -0.1) is 0 Å². The quantitative estimate of drug-likeness (QED) is 0.513. The van der Waals surface area contributed by atoms with E-state index in [2.05, 4.69) is 0 Å². The molecular formula is C27H27NO5. The number of carbonyl (C=O) groups excluding carboxylic acids is 2. The minimum absolute atomic E-state index is 0.0139. The monoisotopic (exact) mass is 445 g/mol. The van der Waals surface area contributed by atoms with E-state index in [0.717, 1.165) is 48.6 Å². The third-order valence-electron chi connectivity index (χ3n) is 6.77. The lowest BCUT2D eigenvalue weighted by Crippen LogP contribution is -2.41. The Morgan fingerprint density at radius 2 is 1.85 bits per heavy atom. The van der Waals surface area contributed by atoms with E-state index in [9.17, 15) is 14.7 Å². The smallest absolute Gasteiger partial charge is 0.290 e. The van der Waals surface area contributed by atoms with Crippen LogP contribution in [0.25, 0.3) is 11.0 Å². The van der Waals surface area contributed by atoms with Gasteiger partial charge in [0, 0.05) is 11.4 Å². The summed E-state index contributed by atoms with van der Waals surface area (Å²) in [5.41, 5.74) is 2.38. The summed E-state index contributed by atoms with van der Waals surface area (Å²) in [5, 5.41) is 11.7. The van der Waals surface area contributed by atoms with E-state index in [1.54, 1.807) is 24.1 Å². The fourth-order valence-electron chi connectivity index (χ4n) is 5.20. The second kappa shape index (κ2) is 8.43. The Hall–Kier alpha value is -3.54. The number of amides is 1. The molecule has 1 aromatic heterocycles. The van der Waals surface area contributed by atoms with Crippen LogP contribution in [0.1, 0.15) is 59.8 Å². The van der Waals surface area contributed by atoms with Crippen molar-refractivity contribution in [2.75, 3.05) is 7.11 Å². The molecule has 1 atom stereocenters. The van der Waals surface area contributed by atoms with Crippen LogP contribution in [0.4, 0.5) is 0 Å². The summed E-state index contributed by atoms with van der Waals surface area (Å²) in [6.45, 7) is 1.97. The highest BCUT2D eigenvalue weighted by molar-refractivity contribution is 6.16. The molecule has 0 radical (unpaired) electrons. The molecule has 1 aliphatic heterocycles. The van der Waals surface area contributed by atoms with Crippen molar-refractivity contribution in [3.8, 4) is 5.75 Å². The summed E-state index contributed by atoms with van der Waals surface area (Å²) in [7, 11) is 1.54. The van der Waals surface area contributed by atoms with Crippen molar-refractivity contribution in [2.45, 2.75) is 51.1 Å². The summed E-state index contributed by atoms with van der Waals surface area (Å²) in [6, 6.07) is 14.2. The summed E-state index contributed by atoms with van der Waals surface area (Å²) in [5.74, 6) is -0.850. The standard InChI is InChI=1S/C27H27NO5/c1-16-8-6-9-17(14-16)23-22(25(30)27(31)28(23)19-11-4-3-5-12-19)24(29)21-15-18-10-7-13-20(32-2)26(18)33-21/h6-10,13-15,19,23,30H,3-5,11-12H2,1-2H3. The predicted octanol–water partition coefficient (Wildman–Crippen LogP) is 5.66. The van der Waals surface area contributed by atoms with E-state index in [1.807, 2.05) is 43.3 Å². The van der Waals surface area contributed by atoms with Gasteiger partial charge in [0.05, 0.1) is 18.7 Å². The minimum Gasteiger partial charge on any atom is -0.503 e. The van der Waals surface area contributed by atoms with Crippen molar-refractivity contribution in [3.05, 3.63) is 76.8 Å². The van der Waals surface area contributed by atoms with Gasteiger partial charge >= 0.3 is 0 Å². The maximum absolute atomic E-state index is 13.7. The number of para-hydroxylation sites is 1. The van der Waals surface area contributed by atoms with E-state index in [4.69, 9.17) is 9.15 Å². The molecular weight excluding hydrogens is 418 g/mol. The number of carbonyl (C=O) groups is 2. The van der Waals surface area contributed by atoms with Crippen molar-refractivity contribution in [1.82, 2.24) is 4.90 Å². The van der Waals surface area contributed by atoms with Gasteiger partial charge in [-0.25, -0.2) is 0 Å². The zero-order chi connectivity index (χ0) is 23.1. The molecule has 1 N–H and O–H groups in total. The molecule has 2 aliphatic rings. The molecule has 2 aromatic carbocycles. The van der Waals surface area contributed by atoms with Crippen molar-refractivity contribution < 1.29 is 23.8 Å². The van der Waals surface area contributed by atoms with Gasteiger partial charge < -0.3 is 19.2 Å². The molecule has 2 heterocycles. The number of rotatable bonds is 5. The zero-order valence-corrected chi connectivity index (χ0v) is 18.8. The van der Waals surface area contributed by atoms with Gasteiger partial charge in [-0.05, 0) is 37.5 Å². The zero-order valence-electron chi connectivity index (χ0n) is 18.8. The van der Waals surface area contributed by atoms with Crippen LogP contribution in [0.3, 0.4) is 0 Å². The molecule has 6 nitrogen and oxygen atoms in total. The average molecular weight is 446 g/mol. The number of hydrogen-bond acceptors (Lipinski definition) is 5. The molecule has 5 rings (SSSR count). The highest BCUT2D eigenvalue weighted by Crippen LogP contribution is 2.43. The SMILES string of the molecule is COc1cccc2cc(C(=O)C3=C(O)C(=O)N(C4CCCCC4)C3c3cccc(C)c3)oc12. The first-order valence-electron chi connectivity index (χ1n) is 11.4. The van der Waals surface area contributed by atoms with E-state index in [-0.39, 0.29) is 17.4 Å². The van der Waals surface area contributed by atoms with Gasteiger partial charge in [0.1, 0.15) is 0 Å². The minimum atomic E-state index is -0.650. The van der Waals surface area contributed by atoms with Crippen LogP contribution in [-0.2, 0) is 4.79 Å². The highest BCUT2D eigenvalue weighted by Gasteiger charge is 2.47. The number of hydrogen-bond donors (Lipinski definition) is 1. The van der Waals surface area contributed by atoms with Crippen LogP contribution in [0, 0.1) is 6.92 Å². The molecule has 0 spiro atoms. The van der Waals surface area contributed by atoms with E-state index in [1.165, 1.54) is 0 Å². The van der Waals surface area contributed by atoms with Gasteiger partial charge in [-0.1, -0.05) is 61.2 Å². The summed E-state index contributed by atoms with van der Waals surface area (Å²) in [4.78, 5) is 28.8. The lowest BCUT2D eigenvalue weighted by Gasteiger charge is -2.36. The molecule has 170 valence electrons. The number of ether oxygens (including phenoxy) is 1. The molecule has 1 saturated carbocycles. The summed E-state index contributed by atoms with van der Waals surface area (Å²) >= 11 is 0. The second-order valence-electron chi connectivity index (χ2n) is 8.90. The summed E-state index contributed by atoms with van der Waals surface area (Å²) in [6.07, 6.45) is 4.93. The van der Waals surface area contributed by atoms with Crippen LogP contribution in [0.15, 0.2) is 64.3 Å². The van der Waals surface area contributed by atoms with Crippen molar-refractivity contribution in [1.29, 1.82) is 0 Å². The number of nitrogens with zero attached hydrogens (tertiary/aromatic N) is 1. The number of furan rings is 1. The Labute approximate surface area is 192 Å². The van der Waals surface area contributed by atoms with Crippen LogP contribution in [0.2, 0.25) is 0 Å². The molecule has 0 saturated heterocycles. The van der Waals surface area contributed by atoms with Gasteiger partial charge in [-0.3, -0.25) is 9.59 Å². The third-order valence-corrected chi connectivity index (χ3v) is 6.77. The second-order valence-corrected chi connectivity index (χ2v) is 8.90.